The van der Waals surface area contributed by atoms with Gasteiger partial charge < -0.3 is 25.2 Å². The number of halogens is 3. The van der Waals surface area contributed by atoms with Crippen LogP contribution < -0.4 is 0 Å². The van der Waals surface area contributed by atoms with Crippen LogP contribution in [0.5, 0.6) is 0 Å². The van der Waals surface area contributed by atoms with Gasteiger partial charge in [0, 0.05) is 5.56 Å². The van der Waals surface area contributed by atoms with Crippen LogP contribution in [0.2, 0.25) is 0 Å². The molecule has 0 amide bonds. The largest absolute Gasteiger partial charge is 0.481 e. The molecule has 4 unspecified atom stereocenters. The third-order valence-electron chi connectivity index (χ3n) is 6.33. The summed E-state index contributed by atoms with van der Waals surface area (Å²) in [5, 5.41) is 49.1. The molecule has 0 saturated carbocycles. The zero-order valence-corrected chi connectivity index (χ0v) is 18.8. The Hall–Kier alpha value is -3.32. The van der Waals surface area contributed by atoms with Gasteiger partial charge in [-0.05, 0) is 30.5 Å². The van der Waals surface area contributed by atoms with Crippen LogP contribution in [0.1, 0.15) is 18.0 Å². The molecule has 0 spiro atoms. The summed E-state index contributed by atoms with van der Waals surface area (Å²) in [6, 6.07) is 9.23. The van der Waals surface area contributed by atoms with Crippen molar-refractivity contribution in [2.75, 3.05) is 6.61 Å². The van der Waals surface area contributed by atoms with Gasteiger partial charge in [0.05, 0.1) is 24.8 Å². The number of carboxylic acid groups (broad SMARTS) is 1. The van der Waals surface area contributed by atoms with Crippen molar-refractivity contribution in [2.24, 2.45) is 5.92 Å². The fraction of sp³-hybridized carbons (Fsp3) is 0.375. The highest BCUT2D eigenvalue weighted by molar-refractivity contribution is 5.71. The lowest BCUT2D eigenvalue weighted by Crippen LogP contribution is -2.59. The normalized spacial score (nSPS) is 25.0. The number of nitrogens with zero attached hydrogens (tertiary/aromatic N) is 3. The number of ether oxygens (including phenoxy) is 1. The molecule has 192 valence electrons. The van der Waals surface area contributed by atoms with Crippen molar-refractivity contribution in [3.05, 3.63) is 71.7 Å². The van der Waals surface area contributed by atoms with Gasteiger partial charge in [-0.2, -0.15) is 0 Å². The number of benzene rings is 2. The first-order valence-electron chi connectivity index (χ1n) is 11.2. The van der Waals surface area contributed by atoms with Crippen molar-refractivity contribution in [3.63, 3.8) is 0 Å². The van der Waals surface area contributed by atoms with Crippen molar-refractivity contribution < 1.29 is 43.1 Å². The summed E-state index contributed by atoms with van der Waals surface area (Å²) < 4.78 is 47.3. The molecule has 0 radical (unpaired) electrons. The topological polar surface area (TPSA) is 138 Å². The Morgan fingerprint density at radius 3 is 2.36 bits per heavy atom. The molecule has 1 aromatic heterocycles. The predicted molar refractivity (Wildman–Crippen MR) is 118 cm³/mol. The fourth-order valence-electron chi connectivity index (χ4n) is 4.43. The van der Waals surface area contributed by atoms with Gasteiger partial charge in [-0.15, -0.1) is 5.10 Å². The Morgan fingerprint density at radius 2 is 1.75 bits per heavy atom. The average Bonchev–Trinajstić information content (AvgIpc) is 3.34. The summed E-state index contributed by atoms with van der Waals surface area (Å²) in [5.74, 6) is -6.96. The Kier molecular flexibility index (Phi) is 7.69. The first-order valence-corrected chi connectivity index (χ1v) is 11.2. The van der Waals surface area contributed by atoms with Gasteiger partial charge in [0.25, 0.3) is 0 Å². The molecular formula is C24H24F3N3O6. The molecule has 1 aliphatic rings. The molecule has 12 heteroatoms. The van der Waals surface area contributed by atoms with Crippen molar-refractivity contribution in [2.45, 2.75) is 43.3 Å². The molecule has 1 aliphatic heterocycles. The van der Waals surface area contributed by atoms with Crippen LogP contribution in [0.25, 0.3) is 11.3 Å². The maximum atomic E-state index is 13.7. The maximum Gasteiger partial charge on any atom is 0.309 e. The Balaban J connectivity index is 1.62. The summed E-state index contributed by atoms with van der Waals surface area (Å²) in [5.41, 5.74) is 0.647. The van der Waals surface area contributed by atoms with E-state index in [4.69, 9.17) is 4.74 Å². The van der Waals surface area contributed by atoms with E-state index < -0.39 is 66.4 Å². The highest BCUT2D eigenvalue weighted by Crippen LogP contribution is 2.35. The van der Waals surface area contributed by atoms with Crippen LogP contribution in [0.3, 0.4) is 0 Å². The van der Waals surface area contributed by atoms with Gasteiger partial charge >= 0.3 is 5.97 Å². The first-order chi connectivity index (χ1) is 17.2. The van der Waals surface area contributed by atoms with E-state index in [-0.39, 0.29) is 17.7 Å². The number of aliphatic hydroxyl groups excluding tert-OH is 3. The SMILES string of the molecule is O=C(O)C(CCc1ccccc1)[C@@H]1OC(CO)[C@H](O)C(n2cc(-c3cc(F)c(F)c(F)c3)nn2)C1O. The van der Waals surface area contributed by atoms with E-state index in [0.717, 1.165) is 10.2 Å². The summed E-state index contributed by atoms with van der Waals surface area (Å²) in [6.07, 6.45) is -4.08. The first kappa shape index (κ1) is 25.8. The lowest BCUT2D eigenvalue weighted by Gasteiger charge is -2.44. The average molecular weight is 507 g/mol. The summed E-state index contributed by atoms with van der Waals surface area (Å²) in [7, 11) is 0. The number of aliphatic carboxylic acids is 1. The number of aryl methyl sites for hydroxylation is 1. The predicted octanol–water partition coefficient (Wildman–Crippen LogP) is 1.72. The highest BCUT2D eigenvalue weighted by Gasteiger charge is 2.50. The van der Waals surface area contributed by atoms with Gasteiger partial charge in [0.2, 0.25) is 0 Å². The number of aromatic nitrogens is 3. The number of aliphatic hydroxyl groups is 3. The Morgan fingerprint density at radius 1 is 1.08 bits per heavy atom. The van der Waals surface area contributed by atoms with Crippen LogP contribution in [-0.2, 0) is 16.0 Å². The summed E-state index contributed by atoms with van der Waals surface area (Å²) in [4.78, 5) is 12.1. The molecule has 2 heterocycles. The van der Waals surface area contributed by atoms with E-state index in [1.54, 1.807) is 0 Å². The number of hydrogen-bond acceptors (Lipinski definition) is 7. The minimum Gasteiger partial charge on any atom is -0.481 e. The maximum absolute atomic E-state index is 13.7. The molecule has 1 saturated heterocycles. The molecule has 3 aromatic rings. The van der Waals surface area contributed by atoms with Gasteiger partial charge in [-0.1, -0.05) is 35.5 Å². The standard InChI is InChI=1S/C24H24F3N3O6/c25-15-8-13(9-16(26)19(15)27)17-10-30(29-28-17)20-21(32)18(11-31)36-23(22(20)33)14(24(34)35)7-6-12-4-2-1-3-5-12/h1-5,8-10,14,18,20-23,31-33H,6-7,11H2,(H,34,35)/t14?,18?,20?,21-,22?,23-/m0/s1. The van der Waals surface area contributed by atoms with E-state index in [1.165, 1.54) is 6.20 Å². The van der Waals surface area contributed by atoms with Gasteiger partial charge in [-0.25, -0.2) is 17.9 Å². The smallest absolute Gasteiger partial charge is 0.309 e. The second kappa shape index (κ2) is 10.7. The third-order valence-corrected chi connectivity index (χ3v) is 6.33. The molecule has 1 fully saturated rings. The van der Waals surface area contributed by atoms with E-state index in [2.05, 4.69) is 10.3 Å². The molecule has 0 bridgehead atoms. The van der Waals surface area contributed by atoms with Crippen molar-refractivity contribution in [3.8, 4) is 11.3 Å². The quantitative estimate of drug-likeness (QED) is 0.338. The molecule has 9 nitrogen and oxygen atoms in total. The molecule has 2 aromatic carbocycles. The van der Waals surface area contributed by atoms with E-state index >= 15 is 0 Å². The van der Waals surface area contributed by atoms with Crippen LogP contribution in [0.15, 0.2) is 48.7 Å². The third kappa shape index (κ3) is 5.12. The lowest BCUT2D eigenvalue weighted by molar-refractivity contribution is -0.222. The molecule has 36 heavy (non-hydrogen) atoms. The Bertz CT molecular complexity index is 1190. The second-order valence-electron chi connectivity index (χ2n) is 8.60. The summed E-state index contributed by atoms with van der Waals surface area (Å²) >= 11 is 0. The highest BCUT2D eigenvalue weighted by atomic mass is 19.2. The van der Waals surface area contributed by atoms with E-state index in [9.17, 15) is 38.4 Å². The number of hydrogen-bond donors (Lipinski definition) is 4. The number of rotatable bonds is 8. The van der Waals surface area contributed by atoms with E-state index in [1.807, 2.05) is 30.3 Å². The van der Waals surface area contributed by atoms with Crippen molar-refractivity contribution >= 4 is 5.97 Å². The number of carbonyl (C=O) groups is 1. The molecule has 4 rings (SSSR count). The second-order valence-corrected chi connectivity index (χ2v) is 8.60. The van der Waals surface area contributed by atoms with Gasteiger partial charge in [0.15, 0.2) is 17.5 Å². The molecular weight excluding hydrogens is 483 g/mol. The minimum atomic E-state index is -1.65. The van der Waals surface area contributed by atoms with Gasteiger partial charge in [0.1, 0.15) is 30.0 Å². The zero-order valence-electron chi connectivity index (χ0n) is 18.8. The number of carboxylic acids is 1. The molecule has 0 aliphatic carbocycles. The minimum absolute atomic E-state index is 0.0883. The summed E-state index contributed by atoms with van der Waals surface area (Å²) in [6.45, 7) is -0.679. The van der Waals surface area contributed by atoms with Crippen LogP contribution in [0, 0.1) is 23.4 Å². The molecule has 4 N–H and O–H groups in total. The fourth-order valence-corrected chi connectivity index (χ4v) is 4.43. The molecule has 6 atom stereocenters. The Labute approximate surface area is 203 Å². The van der Waals surface area contributed by atoms with Crippen LogP contribution in [0.4, 0.5) is 13.2 Å². The van der Waals surface area contributed by atoms with Crippen molar-refractivity contribution in [1.82, 2.24) is 15.0 Å². The van der Waals surface area contributed by atoms with Crippen LogP contribution in [-0.4, -0.2) is 72.4 Å². The zero-order chi connectivity index (χ0) is 26.0. The van der Waals surface area contributed by atoms with E-state index in [0.29, 0.717) is 18.6 Å². The lowest BCUT2D eigenvalue weighted by atomic mass is 9.83. The van der Waals surface area contributed by atoms with Gasteiger partial charge in [-0.3, -0.25) is 4.79 Å². The van der Waals surface area contributed by atoms with Crippen LogP contribution >= 0.6 is 0 Å². The monoisotopic (exact) mass is 507 g/mol. The van der Waals surface area contributed by atoms with Crippen molar-refractivity contribution in [1.29, 1.82) is 0 Å².